The molecule has 3 aromatic rings. The lowest BCUT2D eigenvalue weighted by atomic mass is 9.87. The molecule has 0 saturated carbocycles. The minimum atomic E-state index is -0.399. The molecular weight excluding hydrogens is 440 g/mol. The summed E-state index contributed by atoms with van der Waals surface area (Å²) in [6.07, 6.45) is 0. The van der Waals surface area contributed by atoms with E-state index in [1.54, 1.807) is 12.1 Å². The second kappa shape index (κ2) is 8.62. The van der Waals surface area contributed by atoms with E-state index in [0.717, 1.165) is 11.1 Å². The average Bonchev–Trinajstić information content (AvgIpc) is 3.08. The molecule has 3 aromatic carbocycles. The van der Waals surface area contributed by atoms with Crippen molar-refractivity contribution in [2.45, 2.75) is 33.1 Å². The lowest BCUT2D eigenvalue weighted by Crippen LogP contribution is -2.32. The molecule has 0 bridgehead atoms. The summed E-state index contributed by atoms with van der Waals surface area (Å²) in [7, 11) is 0. The predicted octanol–water partition coefficient (Wildman–Crippen LogP) is 5.46. The van der Waals surface area contributed by atoms with Gasteiger partial charge in [-0.05, 0) is 47.7 Å². The van der Waals surface area contributed by atoms with Crippen LogP contribution in [0.15, 0.2) is 72.4 Å². The van der Waals surface area contributed by atoms with Gasteiger partial charge in [-0.3, -0.25) is 9.59 Å². The second-order valence-electron chi connectivity index (χ2n) is 9.84. The number of nitrogens with one attached hydrogen (secondary N) is 1. The van der Waals surface area contributed by atoms with Gasteiger partial charge in [-0.25, -0.2) is 4.90 Å². The first-order valence-corrected chi connectivity index (χ1v) is 11.7. The van der Waals surface area contributed by atoms with E-state index in [2.05, 4.69) is 26.1 Å². The highest BCUT2D eigenvalue weighted by Crippen LogP contribution is 2.37. The number of rotatable bonds is 4. The number of hydrogen-bond acceptors (Lipinski definition) is 5. The molecule has 5 rings (SSSR count). The van der Waals surface area contributed by atoms with Crippen molar-refractivity contribution in [3.8, 4) is 11.5 Å². The van der Waals surface area contributed by atoms with Crippen molar-refractivity contribution in [3.63, 3.8) is 0 Å². The van der Waals surface area contributed by atoms with Crippen LogP contribution in [0.2, 0.25) is 0 Å². The van der Waals surface area contributed by atoms with Crippen LogP contribution in [-0.4, -0.2) is 25.0 Å². The molecule has 0 atom stereocenters. The van der Waals surface area contributed by atoms with E-state index in [4.69, 9.17) is 9.47 Å². The first-order chi connectivity index (χ1) is 16.7. The van der Waals surface area contributed by atoms with E-state index in [9.17, 15) is 9.59 Å². The lowest BCUT2D eigenvalue weighted by Gasteiger charge is -2.21. The van der Waals surface area contributed by atoms with Crippen LogP contribution in [-0.2, 0) is 15.0 Å². The Bertz CT molecular complexity index is 1330. The van der Waals surface area contributed by atoms with Gasteiger partial charge in [0.2, 0.25) is 0 Å². The minimum absolute atomic E-state index is 0.0339. The number of fused-ring (bicyclic) bond motifs is 1. The zero-order valence-electron chi connectivity index (χ0n) is 20.3. The summed E-state index contributed by atoms with van der Waals surface area (Å²) in [5.41, 5.74) is 4.59. The van der Waals surface area contributed by atoms with Crippen molar-refractivity contribution in [3.05, 3.63) is 89.1 Å². The summed E-state index contributed by atoms with van der Waals surface area (Å²) in [4.78, 5) is 28.6. The molecule has 2 aliphatic rings. The van der Waals surface area contributed by atoms with Crippen LogP contribution in [0.4, 0.5) is 11.4 Å². The Hall–Kier alpha value is -4.06. The number of aryl methyl sites for hydroxylation is 1. The van der Waals surface area contributed by atoms with E-state index < -0.39 is 5.91 Å². The third-order valence-corrected chi connectivity index (χ3v) is 6.23. The van der Waals surface area contributed by atoms with Gasteiger partial charge in [0, 0.05) is 11.8 Å². The third kappa shape index (κ3) is 4.28. The molecule has 0 saturated heterocycles. The molecule has 6 nitrogen and oxygen atoms in total. The second-order valence-corrected chi connectivity index (χ2v) is 9.84. The Morgan fingerprint density at radius 3 is 2.11 bits per heavy atom. The fourth-order valence-corrected chi connectivity index (χ4v) is 4.24. The van der Waals surface area contributed by atoms with Crippen LogP contribution in [0.25, 0.3) is 5.57 Å². The normalized spacial score (nSPS) is 15.6. The monoisotopic (exact) mass is 468 g/mol. The summed E-state index contributed by atoms with van der Waals surface area (Å²) in [5, 5.41) is 3.20. The summed E-state index contributed by atoms with van der Waals surface area (Å²) in [6.45, 7) is 9.32. The average molecular weight is 469 g/mol. The van der Waals surface area contributed by atoms with Gasteiger partial charge in [0.25, 0.3) is 11.8 Å². The largest absolute Gasteiger partial charge is 0.486 e. The van der Waals surface area contributed by atoms with Gasteiger partial charge in [0.1, 0.15) is 18.9 Å². The van der Waals surface area contributed by atoms with Gasteiger partial charge in [0.15, 0.2) is 11.5 Å². The minimum Gasteiger partial charge on any atom is -0.486 e. The van der Waals surface area contributed by atoms with Crippen LogP contribution >= 0.6 is 0 Å². The Kier molecular flexibility index (Phi) is 5.59. The fraction of sp³-hybridized carbons (Fsp3) is 0.241. The Labute approximate surface area is 205 Å². The number of hydrogen-bond donors (Lipinski definition) is 1. The van der Waals surface area contributed by atoms with Gasteiger partial charge in [-0.2, -0.15) is 0 Å². The number of amides is 2. The van der Waals surface area contributed by atoms with Crippen molar-refractivity contribution >= 4 is 28.8 Å². The molecule has 2 heterocycles. The smallest absolute Gasteiger partial charge is 0.282 e. The van der Waals surface area contributed by atoms with E-state index in [1.807, 2.05) is 61.5 Å². The number of ether oxygens (including phenoxy) is 2. The van der Waals surface area contributed by atoms with Crippen molar-refractivity contribution < 1.29 is 19.1 Å². The molecule has 0 aromatic heterocycles. The highest BCUT2D eigenvalue weighted by molar-refractivity contribution is 6.46. The molecule has 0 fully saturated rings. The predicted molar refractivity (Wildman–Crippen MR) is 137 cm³/mol. The Morgan fingerprint density at radius 1 is 0.800 bits per heavy atom. The van der Waals surface area contributed by atoms with E-state index in [-0.39, 0.29) is 17.0 Å². The molecule has 6 heteroatoms. The Morgan fingerprint density at radius 2 is 1.46 bits per heavy atom. The molecule has 2 amide bonds. The lowest BCUT2D eigenvalue weighted by molar-refractivity contribution is -0.120. The maximum absolute atomic E-state index is 13.7. The highest BCUT2D eigenvalue weighted by Gasteiger charge is 2.40. The van der Waals surface area contributed by atoms with E-state index >= 15 is 0 Å². The molecule has 0 aliphatic carbocycles. The Balaban J connectivity index is 1.55. The summed E-state index contributed by atoms with van der Waals surface area (Å²) in [6, 6.07) is 20.6. The zero-order valence-corrected chi connectivity index (χ0v) is 20.3. The number of anilines is 2. The standard InChI is InChI=1S/C29H28N2O4/c1-18-5-7-19(8-6-18)25-26(30-21-11-14-23-24(17-21)35-16-15-34-23)28(33)31(27(25)32)22-12-9-20(10-13-22)29(2,3)4/h5-14,17,30H,15-16H2,1-4H3. The van der Waals surface area contributed by atoms with Gasteiger partial charge in [-0.1, -0.05) is 62.7 Å². The SMILES string of the molecule is Cc1ccc(C2=C(Nc3ccc4c(c3)OCCO4)C(=O)N(c3ccc(C(C)(C)C)cc3)C2=O)cc1. The third-order valence-electron chi connectivity index (χ3n) is 6.23. The summed E-state index contributed by atoms with van der Waals surface area (Å²) in [5.74, 6) is 0.500. The van der Waals surface area contributed by atoms with Gasteiger partial charge >= 0.3 is 0 Å². The van der Waals surface area contributed by atoms with Gasteiger partial charge in [-0.15, -0.1) is 0 Å². The summed E-state index contributed by atoms with van der Waals surface area (Å²) < 4.78 is 11.3. The van der Waals surface area contributed by atoms with E-state index in [1.165, 1.54) is 4.90 Å². The highest BCUT2D eigenvalue weighted by atomic mass is 16.6. The van der Waals surface area contributed by atoms with Crippen LogP contribution in [0.5, 0.6) is 11.5 Å². The van der Waals surface area contributed by atoms with Crippen molar-refractivity contribution in [2.24, 2.45) is 0 Å². The molecule has 0 spiro atoms. The van der Waals surface area contributed by atoms with Crippen molar-refractivity contribution in [2.75, 3.05) is 23.4 Å². The van der Waals surface area contributed by atoms with Crippen LogP contribution in [0.3, 0.4) is 0 Å². The molecular formula is C29H28N2O4. The summed E-state index contributed by atoms with van der Waals surface area (Å²) >= 11 is 0. The van der Waals surface area contributed by atoms with Gasteiger partial charge in [0.05, 0.1) is 11.3 Å². The van der Waals surface area contributed by atoms with Gasteiger partial charge < -0.3 is 14.8 Å². The van der Waals surface area contributed by atoms with Crippen LogP contribution < -0.4 is 19.7 Å². The molecule has 178 valence electrons. The number of benzene rings is 3. The fourth-order valence-electron chi connectivity index (χ4n) is 4.24. The number of carbonyl (C=O) groups excluding carboxylic acids is 2. The van der Waals surface area contributed by atoms with Crippen LogP contribution in [0.1, 0.15) is 37.5 Å². The maximum atomic E-state index is 13.7. The molecule has 35 heavy (non-hydrogen) atoms. The molecule has 0 radical (unpaired) electrons. The first-order valence-electron chi connectivity index (χ1n) is 11.7. The quantitative estimate of drug-likeness (QED) is 0.515. The molecule has 2 aliphatic heterocycles. The first kappa shape index (κ1) is 22.7. The molecule has 1 N–H and O–H groups in total. The van der Waals surface area contributed by atoms with E-state index in [0.29, 0.717) is 47.2 Å². The maximum Gasteiger partial charge on any atom is 0.282 e. The zero-order chi connectivity index (χ0) is 24.7. The number of carbonyl (C=O) groups is 2. The number of nitrogens with zero attached hydrogens (tertiary/aromatic N) is 1. The van der Waals surface area contributed by atoms with Crippen LogP contribution in [0, 0.1) is 6.92 Å². The van der Waals surface area contributed by atoms with Crippen molar-refractivity contribution in [1.29, 1.82) is 0 Å². The topological polar surface area (TPSA) is 67.9 Å². The number of imide groups is 1. The van der Waals surface area contributed by atoms with Crippen molar-refractivity contribution in [1.82, 2.24) is 0 Å². The molecule has 0 unspecified atom stereocenters.